The minimum absolute atomic E-state index is 0.293. The van der Waals surface area contributed by atoms with Gasteiger partial charge in [-0.1, -0.05) is 64.9 Å². The van der Waals surface area contributed by atoms with E-state index in [0.717, 1.165) is 5.56 Å². The number of rotatable bonds is 7. The van der Waals surface area contributed by atoms with Gasteiger partial charge in [-0.3, -0.25) is 14.2 Å². The first-order chi connectivity index (χ1) is 20.8. The van der Waals surface area contributed by atoms with Crippen molar-refractivity contribution >= 4 is 52.2 Å². The molecule has 1 amide bonds. The molecule has 0 saturated heterocycles. The standard InChI is InChI=1S/C33H25Cl2N3O4S/c1-3-41-23-12-9-20(10-13-23)30-29(31(39)37-22-7-5-4-6-8-22)19(2)36-33-38(30)32(40)28(43-33)18-24-14-16-27(42-24)25-17-21(34)11-15-26(25)35/h4-18,30H,3H2,1-2H3,(H,37,39)/b28-18-/t30-/m0/s1. The van der Waals surface area contributed by atoms with Gasteiger partial charge in [0.25, 0.3) is 11.5 Å². The second kappa shape index (κ2) is 12.1. The number of benzene rings is 3. The Bertz CT molecular complexity index is 2040. The number of allylic oxidation sites excluding steroid dienone is 1. The SMILES string of the molecule is CCOc1ccc([C@H]2C(C(=O)Nc3ccccc3)=C(C)N=c3s/c(=C\c4ccc(-c5cc(Cl)ccc5Cl)o4)c(=O)n32)cc1. The molecule has 7 nitrogen and oxygen atoms in total. The van der Waals surface area contributed by atoms with E-state index in [-0.39, 0.29) is 11.5 Å². The Morgan fingerprint density at radius 3 is 2.58 bits per heavy atom. The maximum Gasteiger partial charge on any atom is 0.271 e. The molecule has 216 valence electrons. The summed E-state index contributed by atoms with van der Waals surface area (Å²) >= 11 is 13.8. The van der Waals surface area contributed by atoms with Crippen molar-refractivity contribution in [2.24, 2.45) is 4.99 Å². The fraction of sp³-hybridized carbons (Fsp3) is 0.121. The Balaban J connectivity index is 1.45. The third-order valence-corrected chi connectivity index (χ3v) is 8.45. The number of aromatic nitrogens is 1. The Labute approximate surface area is 261 Å². The van der Waals surface area contributed by atoms with Crippen molar-refractivity contribution < 1.29 is 13.9 Å². The second-order valence-corrected chi connectivity index (χ2v) is 11.6. The van der Waals surface area contributed by atoms with E-state index in [9.17, 15) is 9.59 Å². The van der Waals surface area contributed by atoms with Gasteiger partial charge in [-0.15, -0.1) is 0 Å². The zero-order chi connectivity index (χ0) is 30.1. The van der Waals surface area contributed by atoms with Gasteiger partial charge < -0.3 is 14.5 Å². The predicted octanol–water partition coefficient (Wildman–Crippen LogP) is 6.84. The number of ether oxygens (including phenoxy) is 1. The zero-order valence-corrected chi connectivity index (χ0v) is 25.5. The molecule has 1 N–H and O–H groups in total. The number of nitrogens with zero attached hydrogens (tertiary/aromatic N) is 2. The molecule has 5 aromatic rings. The van der Waals surface area contributed by atoms with Gasteiger partial charge in [0.1, 0.15) is 17.3 Å². The van der Waals surface area contributed by atoms with E-state index in [1.807, 2.05) is 61.5 Å². The van der Waals surface area contributed by atoms with Gasteiger partial charge in [-0.25, -0.2) is 4.99 Å². The summed E-state index contributed by atoms with van der Waals surface area (Å²) in [6.45, 7) is 4.22. The molecule has 0 saturated carbocycles. The molecule has 6 rings (SSSR count). The van der Waals surface area contributed by atoms with E-state index in [1.165, 1.54) is 11.3 Å². The molecule has 3 heterocycles. The van der Waals surface area contributed by atoms with Gasteiger partial charge in [-0.2, -0.15) is 0 Å². The van der Waals surface area contributed by atoms with E-state index < -0.39 is 6.04 Å². The number of hydrogen-bond acceptors (Lipinski definition) is 6. The lowest BCUT2D eigenvalue weighted by Crippen LogP contribution is -2.40. The first kappa shape index (κ1) is 28.7. The number of para-hydroxylation sites is 1. The lowest BCUT2D eigenvalue weighted by atomic mass is 9.95. The van der Waals surface area contributed by atoms with E-state index in [1.54, 1.807) is 47.9 Å². The van der Waals surface area contributed by atoms with Crippen molar-refractivity contribution in [3.05, 3.63) is 137 Å². The molecule has 1 atom stereocenters. The summed E-state index contributed by atoms with van der Waals surface area (Å²) in [6, 6.07) is 24.5. The quantitative estimate of drug-likeness (QED) is 0.214. The van der Waals surface area contributed by atoms with Crippen molar-refractivity contribution in [2.75, 3.05) is 11.9 Å². The molecule has 0 radical (unpaired) electrons. The fourth-order valence-electron chi connectivity index (χ4n) is 4.95. The normalized spacial score (nSPS) is 14.8. The molecular weight excluding hydrogens is 605 g/mol. The topological polar surface area (TPSA) is 85.8 Å². The van der Waals surface area contributed by atoms with Gasteiger partial charge in [-0.05, 0) is 74.0 Å². The van der Waals surface area contributed by atoms with E-state index in [0.29, 0.717) is 65.8 Å². The number of carbonyl (C=O) groups excluding carboxylic acids is 1. The van der Waals surface area contributed by atoms with Crippen LogP contribution in [0.4, 0.5) is 5.69 Å². The van der Waals surface area contributed by atoms with Crippen LogP contribution in [-0.4, -0.2) is 17.1 Å². The number of hydrogen-bond donors (Lipinski definition) is 1. The van der Waals surface area contributed by atoms with Gasteiger partial charge in [0.05, 0.1) is 33.5 Å². The van der Waals surface area contributed by atoms with E-state index >= 15 is 0 Å². The molecule has 0 fully saturated rings. The van der Waals surface area contributed by atoms with Crippen molar-refractivity contribution in [2.45, 2.75) is 19.9 Å². The highest BCUT2D eigenvalue weighted by atomic mass is 35.5. The number of thiazole rings is 1. The summed E-state index contributed by atoms with van der Waals surface area (Å²) < 4.78 is 13.6. The zero-order valence-electron chi connectivity index (χ0n) is 23.1. The van der Waals surface area contributed by atoms with Crippen molar-refractivity contribution in [3.8, 4) is 17.1 Å². The molecular formula is C33H25Cl2N3O4S. The number of fused-ring (bicyclic) bond motifs is 1. The van der Waals surface area contributed by atoms with Crippen LogP contribution in [-0.2, 0) is 4.79 Å². The largest absolute Gasteiger partial charge is 0.494 e. The lowest BCUT2D eigenvalue weighted by molar-refractivity contribution is -0.113. The van der Waals surface area contributed by atoms with Gasteiger partial charge in [0, 0.05) is 22.3 Å². The van der Waals surface area contributed by atoms with Gasteiger partial charge in [0.2, 0.25) is 0 Å². The van der Waals surface area contributed by atoms with Crippen molar-refractivity contribution in [1.82, 2.24) is 4.57 Å². The molecule has 1 aliphatic rings. The Hall–Kier alpha value is -4.37. The summed E-state index contributed by atoms with van der Waals surface area (Å²) in [5.41, 5.74) is 2.65. The smallest absolute Gasteiger partial charge is 0.271 e. The Morgan fingerprint density at radius 1 is 1.07 bits per heavy atom. The minimum atomic E-state index is -0.713. The number of amides is 1. The number of anilines is 1. The molecule has 10 heteroatoms. The summed E-state index contributed by atoms with van der Waals surface area (Å²) in [7, 11) is 0. The molecule has 43 heavy (non-hydrogen) atoms. The van der Waals surface area contributed by atoms with Gasteiger partial charge in [0.15, 0.2) is 4.80 Å². The molecule has 3 aromatic carbocycles. The average Bonchev–Trinajstić information content (AvgIpc) is 3.58. The van der Waals surface area contributed by atoms with E-state index in [4.69, 9.17) is 37.3 Å². The first-order valence-electron chi connectivity index (χ1n) is 13.5. The Morgan fingerprint density at radius 2 is 1.84 bits per heavy atom. The Kier molecular flexibility index (Phi) is 8.08. The predicted molar refractivity (Wildman–Crippen MR) is 171 cm³/mol. The fourth-order valence-corrected chi connectivity index (χ4v) is 6.36. The molecule has 0 aliphatic carbocycles. The van der Waals surface area contributed by atoms with Gasteiger partial charge >= 0.3 is 0 Å². The summed E-state index contributed by atoms with van der Waals surface area (Å²) in [4.78, 5) is 32.9. The van der Waals surface area contributed by atoms with E-state index in [2.05, 4.69) is 5.32 Å². The van der Waals surface area contributed by atoms with Crippen LogP contribution in [0.15, 0.2) is 110 Å². The van der Waals surface area contributed by atoms with Crippen LogP contribution in [0.25, 0.3) is 17.4 Å². The monoisotopic (exact) mass is 629 g/mol. The summed E-state index contributed by atoms with van der Waals surface area (Å²) in [5.74, 6) is 1.35. The molecule has 1 aliphatic heterocycles. The average molecular weight is 631 g/mol. The highest BCUT2D eigenvalue weighted by Crippen LogP contribution is 2.33. The van der Waals surface area contributed by atoms with Crippen molar-refractivity contribution in [3.63, 3.8) is 0 Å². The van der Waals surface area contributed by atoms with Crippen LogP contribution < -0.4 is 24.9 Å². The second-order valence-electron chi connectivity index (χ2n) is 9.73. The molecule has 0 bridgehead atoms. The highest BCUT2D eigenvalue weighted by molar-refractivity contribution is 7.07. The lowest BCUT2D eigenvalue weighted by Gasteiger charge is -2.25. The third-order valence-electron chi connectivity index (χ3n) is 6.90. The minimum Gasteiger partial charge on any atom is -0.494 e. The highest BCUT2D eigenvalue weighted by Gasteiger charge is 2.32. The number of halogens is 2. The summed E-state index contributed by atoms with van der Waals surface area (Å²) in [5, 5.41) is 3.99. The maximum absolute atomic E-state index is 14.0. The first-order valence-corrected chi connectivity index (χ1v) is 15.1. The molecule has 0 unspecified atom stereocenters. The van der Waals surface area contributed by atoms with Crippen LogP contribution in [0.3, 0.4) is 0 Å². The number of nitrogens with one attached hydrogen (secondary N) is 1. The van der Waals surface area contributed by atoms with Crippen molar-refractivity contribution in [1.29, 1.82) is 0 Å². The van der Waals surface area contributed by atoms with Crippen LogP contribution >= 0.6 is 34.5 Å². The van der Waals surface area contributed by atoms with Crippen LogP contribution in [0.5, 0.6) is 5.75 Å². The molecule has 2 aromatic heterocycles. The molecule has 0 spiro atoms. The van der Waals surface area contributed by atoms with Crippen LogP contribution in [0, 0.1) is 0 Å². The summed E-state index contributed by atoms with van der Waals surface area (Å²) in [6.07, 6.45) is 1.67. The van der Waals surface area contributed by atoms with Crippen LogP contribution in [0.1, 0.15) is 31.2 Å². The number of furan rings is 1. The van der Waals surface area contributed by atoms with Crippen LogP contribution in [0.2, 0.25) is 10.0 Å². The maximum atomic E-state index is 14.0. The number of carbonyl (C=O) groups is 1. The third kappa shape index (κ3) is 5.82.